The summed E-state index contributed by atoms with van der Waals surface area (Å²) in [5.74, 6) is 1.06. The van der Waals surface area contributed by atoms with Gasteiger partial charge in [0.1, 0.15) is 29.6 Å². The minimum Gasteiger partial charge on any atom is -0.508 e. The third kappa shape index (κ3) is 5.05. The highest BCUT2D eigenvalue weighted by atomic mass is 16.6. The number of aliphatic hydroxyl groups excluding tert-OH is 2. The summed E-state index contributed by atoms with van der Waals surface area (Å²) in [6, 6.07) is 6.54. The van der Waals surface area contributed by atoms with Crippen LogP contribution in [0.3, 0.4) is 0 Å². The summed E-state index contributed by atoms with van der Waals surface area (Å²) in [5.41, 5.74) is 0. The van der Waals surface area contributed by atoms with E-state index in [1.807, 2.05) is 0 Å². The number of rotatable bonds is 7. The number of ether oxygens (including phenoxy) is 1. The molecule has 2 aromatic heterocycles. The van der Waals surface area contributed by atoms with Crippen molar-refractivity contribution in [2.24, 2.45) is 0 Å². The number of hydrogen-bond acceptors (Lipinski definition) is 6. The van der Waals surface area contributed by atoms with Crippen molar-refractivity contribution in [3.05, 3.63) is 65.5 Å². The van der Waals surface area contributed by atoms with E-state index in [1.165, 1.54) is 31.4 Å². The van der Waals surface area contributed by atoms with Crippen LogP contribution in [0.25, 0.3) is 12.2 Å². The molecule has 0 aliphatic heterocycles. The average molecular weight is 316 g/mol. The first kappa shape index (κ1) is 16.4. The fraction of sp³-hybridized carbons (Fsp3) is 0.118. The Hall–Kier alpha value is -2.99. The Kier molecular flexibility index (Phi) is 5.60. The van der Waals surface area contributed by atoms with Crippen molar-refractivity contribution < 1.29 is 28.6 Å². The zero-order valence-corrected chi connectivity index (χ0v) is 12.4. The van der Waals surface area contributed by atoms with E-state index in [2.05, 4.69) is 0 Å². The van der Waals surface area contributed by atoms with Crippen molar-refractivity contribution in [1.29, 1.82) is 0 Å². The number of ketones is 1. The van der Waals surface area contributed by atoms with Crippen molar-refractivity contribution in [2.45, 2.75) is 6.61 Å². The third-order valence-electron chi connectivity index (χ3n) is 2.76. The van der Waals surface area contributed by atoms with Crippen LogP contribution in [0, 0.1) is 0 Å². The van der Waals surface area contributed by atoms with Crippen LogP contribution in [0.2, 0.25) is 0 Å². The molecule has 0 aromatic carbocycles. The van der Waals surface area contributed by atoms with Crippen LogP contribution in [0.1, 0.15) is 17.3 Å². The first-order valence-corrected chi connectivity index (χ1v) is 6.75. The van der Waals surface area contributed by atoms with Gasteiger partial charge >= 0.3 is 0 Å². The van der Waals surface area contributed by atoms with Crippen molar-refractivity contribution >= 4 is 17.9 Å². The lowest BCUT2D eigenvalue weighted by molar-refractivity contribution is -0.110. The topological polar surface area (TPSA) is 93.0 Å². The summed E-state index contributed by atoms with van der Waals surface area (Å²) < 4.78 is 15.3. The molecule has 6 nitrogen and oxygen atoms in total. The van der Waals surface area contributed by atoms with Crippen LogP contribution >= 0.6 is 0 Å². The lowest BCUT2D eigenvalue weighted by atomic mass is 10.2. The van der Waals surface area contributed by atoms with E-state index in [0.717, 1.165) is 6.08 Å². The van der Waals surface area contributed by atoms with Crippen molar-refractivity contribution in [1.82, 2.24) is 0 Å². The lowest BCUT2D eigenvalue weighted by Gasteiger charge is -1.91. The van der Waals surface area contributed by atoms with Crippen LogP contribution in [0.4, 0.5) is 0 Å². The van der Waals surface area contributed by atoms with Gasteiger partial charge in [-0.25, -0.2) is 0 Å². The second kappa shape index (κ2) is 7.86. The van der Waals surface area contributed by atoms with Gasteiger partial charge in [-0.2, -0.15) is 0 Å². The molecular weight excluding hydrogens is 300 g/mol. The molecule has 23 heavy (non-hydrogen) atoms. The second-order valence-corrected chi connectivity index (χ2v) is 4.46. The average Bonchev–Trinajstić information content (AvgIpc) is 3.19. The van der Waals surface area contributed by atoms with Gasteiger partial charge in [0.2, 0.25) is 0 Å². The molecule has 0 saturated heterocycles. The molecule has 0 radical (unpaired) electrons. The van der Waals surface area contributed by atoms with E-state index >= 15 is 0 Å². The molecule has 6 heteroatoms. The van der Waals surface area contributed by atoms with Crippen molar-refractivity contribution in [3.63, 3.8) is 0 Å². The van der Waals surface area contributed by atoms with Gasteiger partial charge in [0, 0.05) is 12.1 Å². The third-order valence-corrected chi connectivity index (χ3v) is 2.76. The summed E-state index contributed by atoms with van der Waals surface area (Å²) in [6.45, 7) is -0.204. The van der Waals surface area contributed by atoms with E-state index < -0.39 is 5.78 Å². The maximum absolute atomic E-state index is 11.7. The van der Waals surface area contributed by atoms with Crippen molar-refractivity contribution in [2.75, 3.05) is 7.11 Å². The SMILES string of the molecule is COc1ccc(/C=C/C(O)=C/C(=O)/C=C/c2ccc(CO)o2)o1. The molecule has 0 saturated carbocycles. The quantitative estimate of drug-likeness (QED) is 0.463. The van der Waals surface area contributed by atoms with E-state index in [9.17, 15) is 9.90 Å². The molecule has 2 N–H and O–H groups in total. The Morgan fingerprint density at radius 3 is 2.48 bits per heavy atom. The molecule has 0 fully saturated rings. The summed E-state index contributed by atoms with van der Waals surface area (Å²) in [6.07, 6.45) is 6.60. The van der Waals surface area contributed by atoms with Crippen LogP contribution in [-0.2, 0) is 11.4 Å². The standard InChI is InChI=1S/C17H16O6/c1-21-17-9-8-15(23-17)5-3-13(20)10-12(19)2-4-14-6-7-16(11-18)22-14/h2-10,18,20H,11H2,1H3/b4-2+,5-3+,13-10-. The largest absolute Gasteiger partial charge is 0.508 e. The Morgan fingerprint density at radius 1 is 1.13 bits per heavy atom. The molecule has 2 heterocycles. The maximum atomic E-state index is 11.7. The summed E-state index contributed by atoms with van der Waals surface area (Å²) >= 11 is 0. The molecule has 0 unspecified atom stereocenters. The number of furan rings is 2. The number of carbonyl (C=O) groups excluding carboxylic acids is 1. The zero-order valence-electron chi connectivity index (χ0n) is 12.4. The number of carbonyl (C=O) groups is 1. The van der Waals surface area contributed by atoms with Gasteiger partial charge < -0.3 is 23.8 Å². The molecule has 0 aliphatic carbocycles. The molecule has 0 bridgehead atoms. The van der Waals surface area contributed by atoms with Crippen LogP contribution < -0.4 is 4.74 Å². The summed E-state index contributed by atoms with van der Waals surface area (Å²) in [4.78, 5) is 11.7. The highest BCUT2D eigenvalue weighted by Crippen LogP contribution is 2.16. The van der Waals surface area contributed by atoms with Gasteiger partial charge in [-0.1, -0.05) is 0 Å². The van der Waals surface area contributed by atoms with E-state index in [-0.39, 0.29) is 12.4 Å². The number of allylic oxidation sites excluding steroid dienone is 3. The first-order chi connectivity index (χ1) is 11.1. The summed E-state index contributed by atoms with van der Waals surface area (Å²) in [7, 11) is 1.48. The Balaban J connectivity index is 1.95. The fourth-order valence-corrected chi connectivity index (χ4v) is 1.68. The van der Waals surface area contributed by atoms with E-state index in [4.69, 9.17) is 18.7 Å². The molecule has 0 spiro atoms. The first-order valence-electron chi connectivity index (χ1n) is 6.75. The highest BCUT2D eigenvalue weighted by molar-refractivity contribution is 6.02. The molecule has 2 rings (SSSR count). The highest BCUT2D eigenvalue weighted by Gasteiger charge is 2.00. The Bertz CT molecular complexity index is 745. The molecule has 0 aliphatic rings. The zero-order chi connectivity index (χ0) is 16.7. The van der Waals surface area contributed by atoms with Crippen LogP contribution in [0.15, 0.2) is 57.1 Å². The second-order valence-electron chi connectivity index (χ2n) is 4.46. The van der Waals surface area contributed by atoms with Gasteiger partial charge in [0.15, 0.2) is 5.78 Å². The molecular formula is C17H16O6. The molecule has 0 amide bonds. The minimum absolute atomic E-state index is 0.204. The predicted octanol–water partition coefficient (Wildman–Crippen LogP) is 3.11. The van der Waals surface area contributed by atoms with E-state index in [1.54, 1.807) is 24.3 Å². The molecule has 0 atom stereocenters. The Labute approximate surface area is 132 Å². The minimum atomic E-state index is -0.411. The van der Waals surface area contributed by atoms with Gasteiger partial charge in [0.05, 0.1) is 7.11 Å². The van der Waals surface area contributed by atoms with Crippen molar-refractivity contribution in [3.8, 4) is 5.95 Å². The van der Waals surface area contributed by atoms with Crippen LogP contribution in [0.5, 0.6) is 5.95 Å². The number of methoxy groups -OCH3 is 1. The van der Waals surface area contributed by atoms with Gasteiger partial charge in [-0.3, -0.25) is 4.79 Å². The fourth-order valence-electron chi connectivity index (χ4n) is 1.68. The van der Waals surface area contributed by atoms with Crippen LogP contribution in [-0.4, -0.2) is 23.1 Å². The molecule has 2 aromatic rings. The predicted molar refractivity (Wildman–Crippen MR) is 83.7 cm³/mol. The Morgan fingerprint density at radius 2 is 1.83 bits per heavy atom. The normalized spacial score (nSPS) is 12.3. The van der Waals surface area contributed by atoms with Gasteiger partial charge in [-0.05, 0) is 42.5 Å². The van der Waals surface area contributed by atoms with Gasteiger partial charge in [0.25, 0.3) is 5.95 Å². The smallest absolute Gasteiger partial charge is 0.284 e. The number of aliphatic hydroxyl groups is 2. The molecule has 120 valence electrons. The van der Waals surface area contributed by atoms with Gasteiger partial charge in [-0.15, -0.1) is 0 Å². The maximum Gasteiger partial charge on any atom is 0.284 e. The summed E-state index contributed by atoms with van der Waals surface area (Å²) in [5, 5.41) is 18.5. The van der Waals surface area contributed by atoms with E-state index in [0.29, 0.717) is 23.2 Å². The number of hydrogen-bond donors (Lipinski definition) is 2. The lowest BCUT2D eigenvalue weighted by Crippen LogP contribution is -1.88. The monoisotopic (exact) mass is 316 g/mol.